The Labute approximate surface area is 216 Å². The molecular formula is C27H19ClN4O3S. The average Bonchev–Trinajstić information content (AvgIpc) is 2.88. The van der Waals surface area contributed by atoms with E-state index in [1.54, 1.807) is 13.0 Å². The van der Waals surface area contributed by atoms with Gasteiger partial charge in [-0.2, -0.15) is 5.26 Å². The van der Waals surface area contributed by atoms with Crippen LogP contribution < -0.4 is 5.32 Å². The quantitative estimate of drug-likeness (QED) is 0.163. The molecule has 0 saturated carbocycles. The van der Waals surface area contributed by atoms with Crippen LogP contribution in [0, 0.1) is 28.4 Å². The molecule has 9 heteroatoms. The molecule has 0 saturated heterocycles. The number of aryl methyl sites for hydroxylation is 1. The number of halogens is 1. The third-order valence-electron chi connectivity index (χ3n) is 5.37. The monoisotopic (exact) mass is 514 g/mol. The van der Waals surface area contributed by atoms with Crippen molar-refractivity contribution in [3.63, 3.8) is 0 Å². The highest BCUT2D eigenvalue weighted by molar-refractivity contribution is 8.00. The Morgan fingerprint density at radius 2 is 1.81 bits per heavy atom. The molecule has 3 aromatic carbocycles. The predicted molar refractivity (Wildman–Crippen MR) is 142 cm³/mol. The van der Waals surface area contributed by atoms with Crippen LogP contribution in [0.15, 0.2) is 83.9 Å². The van der Waals surface area contributed by atoms with Gasteiger partial charge in [-0.25, -0.2) is 4.98 Å². The molecule has 0 spiro atoms. The van der Waals surface area contributed by atoms with Crippen LogP contribution in [0.25, 0.3) is 22.4 Å². The van der Waals surface area contributed by atoms with E-state index >= 15 is 0 Å². The fourth-order valence-corrected chi connectivity index (χ4v) is 4.65. The zero-order valence-corrected chi connectivity index (χ0v) is 20.6. The third kappa shape index (κ3) is 5.54. The molecule has 0 bridgehead atoms. The van der Waals surface area contributed by atoms with E-state index in [9.17, 15) is 20.2 Å². The van der Waals surface area contributed by atoms with Gasteiger partial charge in [0, 0.05) is 39.5 Å². The Hall–Kier alpha value is -4.19. The number of pyridine rings is 1. The molecule has 0 fully saturated rings. The molecule has 0 atom stereocenters. The molecule has 7 nitrogen and oxygen atoms in total. The van der Waals surface area contributed by atoms with E-state index < -0.39 is 4.92 Å². The lowest BCUT2D eigenvalue weighted by atomic mass is 9.99. The van der Waals surface area contributed by atoms with Gasteiger partial charge in [0.15, 0.2) is 0 Å². The molecule has 178 valence electrons. The van der Waals surface area contributed by atoms with Gasteiger partial charge in [-0.1, -0.05) is 71.9 Å². The van der Waals surface area contributed by atoms with E-state index in [2.05, 4.69) is 11.4 Å². The molecule has 0 aliphatic heterocycles. The summed E-state index contributed by atoms with van der Waals surface area (Å²) in [5, 5.41) is 24.7. The Morgan fingerprint density at radius 3 is 2.47 bits per heavy atom. The summed E-state index contributed by atoms with van der Waals surface area (Å²) in [7, 11) is 0. The summed E-state index contributed by atoms with van der Waals surface area (Å²) in [5.41, 5.74) is 4.18. The lowest BCUT2D eigenvalue weighted by Gasteiger charge is -2.14. The van der Waals surface area contributed by atoms with E-state index in [4.69, 9.17) is 16.6 Å². The van der Waals surface area contributed by atoms with Gasteiger partial charge in [-0.3, -0.25) is 14.9 Å². The summed E-state index contributed by atoms with van der Waals surface area (Å²) >= 11 is 7.60. The first-order valence-corrected chi connectivity index (χ1v) is 12.2. The van der Waals surface area contributed by atoms with Crippen LogP contribution in [0.2, 0.25) is 5.02 Å². The summed E-state index contributed by atoms with van der Waals surface area (Å²) in [4.78, 5) is 27.9. The lowest BCUT2D eigenvalue weighted by Crippen LogP contribution is -2.15. The minimum atomic E-state index is -0.486. The van der Waals surface area contributed by atoms with Crippen molar-refractivity contribution in [3.05, 3.63) is 105 Å². The molecule has 0 aliphatic carbocycles. The van der Waals surface area contributed by atoms with Crippen LogP contribution >= 0.6 is 23.4 Å². The van der Waals surface area contributed by atoms with Gasteiger partial charge in [-0.15, -0.1) is 0 Å². The molecule has 1 amide bonds. The minimum Gasteiger partial charge on any atom is -0.325 e. The van der Waals surface area contributed by atoms with Gasteiger partial charge in [0.1, 0.15) is 11.1 Å². The number of nitriles is 1. The van der Waals surface area contributed by atoms with E-state index in [-0.39, 0.29) is 17.3 Å². The van der Waals surface area contributed by atoms with E-state index in [1.165, 1.54) is 18.2 Å². The first kappa shape index (κ1) is 24.9. The van der Waals surface area contributed by atoms with Crippen molar-refractivity contribution in [2.45, 2.75) is 11.9 Å². The van der Waals surface area contributed by atoms with Gasteiger partial charge in [0.25, 0.3) is 5.69 Å². The SMILES string of the molecule is Cc1cc([N+](=O)[O-])ccc1NC(=O)CSc1nc(-c2ccccc2)cc(-c2ccccc2Cl)c1C#N. The molecule has 36 heavy (non-hydrogen) atoms. The second-order valence-corrected chi connectivity index (χ2v) is 9.16. The zero-order chi connectivity index (χ0) is 25.7. The van der Waals surface area contributed by atoms with Crippen molar-refractivity contribution in [1.29, 1.82) is 5.26 Å². The number of thioether (sulfide) groups is 1. The Morgan fingerprint density at radius 1 is 1.08 bits per heavy atom. The molecule has 4 aromatic rings. The second-order valence-electron chi connectivity index (χ2n) is 7.79. The van der Waals surface area contributed by atoms with E-state index in [0.29, 0.717) is 43.7 Å². The molecule has 1 N–H and O–H groups in total. The maximum atomic E-state index is 12.7. The van der Waals surface area contributed by atoms with Crippen LogP contribution in [0.3, 0.4) is 0 Å². The Bertz CT molecular complexity index is 1500. The zero-order valence-electron chi connectivity index (χ0n) is 19.1. The van der Waals surface area contributed by atoms with Gasteiger partial charge >= 0.3 is 0 Å². The number of amides is 1. The third-order valence-corrected chi connectivity index (χ3v) is 6.67. The van der Waals surface area contributed by atoms with Gasteiger partial charge in [0.2, 0.25) is 5.91 Å². The maximum absolute atomic E-state index is 12.7. The average molecular weight is 515 g/mol. The molecule has 1 heterocycles. The van der Waals surface area contributed by atoms with Crippen LogP contribution in [0.1, 0.15) is 11.1 Å². The minimum absolute atomic E-state index is 0.0156. The van der Waals surface area contributed by atoms with Crippen molar-refractivity contribution in [3.8, 4) is 28.5 Å². The lowest BCUT2D eigenvalue weighted by molar-refractivity contribution is -0.384. The highest BCUT2D eigenvalue weighted by atomic mass is 35.5. The number of nitro benzene ring substituents is 1. The molecule has 0 unspecified atom stereocenters. The highest BCUT2D eigenvalue weighted by Crippen LogP contribution is 2.37. The number of non-ortho nitro benzene ring substituents is 1. The standard InChI is InChI=1S/C27H19ClN4O3S/c1-17-13-19(32(34)35)11-12-24(17)30-26(33)16-36-27-22(15-29)21(20-9-5-6-10-23(20)28)14-25(31-27)18-7-3-2-4-8-18/h2-14H,16H2,1H3,(H,30,33). The number of aromatic nitrogens is 1. The Balaban J connectivity index is 1.66. The van der Waals surface area contributed by atoms with E-state index in [1.807, 2.05) is 54.6 Å². The number of nitrogens with one attached hydrogen (secondary N) is 1. The van der Waals surface area contributed by atoms with Gasteiger partial charge in [-0.05, 0) is 30.7 Å². The molecule has 4 rings (SSSR count). The Kier molecular flexibility index (Phi) is 7.64. The number of nitrogens with zero attached hydrogens (tertiary/aromatic N) is 3. The largest absolute Gasteiger partial charge is 0.325 e. The summed E-state index contributed by atoms with van der Waals surface area (Å²) in [5.74, 6) is -0.342. The normalized spacial score (nSPS) is 10.5. The van der Waals surface area contributed by atoms with Gasteiger partial charge in [0.05, 0.1) is 21.9 Å². The topological polar surface area (TPSA) is 109 Å². The van der Waals surface area contributed by atoms with Crippen molar-refractivity contribution in [2.75, 3.05) is 11.1 Å². The first-order valence-electron chi connectivity index (χ1n) is 10.8. The number of nitro groups is 1. The number of rotatable bonds is 7. The van der Waals surface area contributed by atoms with Crippen LogP contribution in [0.5, 0.6) is 0 Å². The van der Waals surface area contributed by atoms with Crippen molar-refractivity contribution < 1.29 is 9.72 Å². The number of anilines is 1. The second kappa shape index (κ2) is 11.0. The van der Waals surface area contributed by atoms with Gasteiger partial charge < -0.3 is 5.32 Å². The molecule has 1 aromatic heterocycles. The van der Waals surface area contributed by atoms with Crippen molar-refractivity contribution >= 4 is 40.6 Å². The van der Waals surface area contributed by atoms with Crippen molar-refractivity contribution in [1.82, 2.24) is 4.98 Å². The molecule has 0 radical (unpaired) electrons. The fourth-order valence-electron chi connectivity index (χ4n) is 3.60. The summed E-state index contributed by atoms with van der Waals surface area (Å²) in [6.45, 7) is 1.68. The number of carbonyl (C=O) groups excluding carboxylic acids is 1. The van der Waals surface area contributed by atoms with Crippen LogP contribution in [-0.2, 0) is 4.79 Å². The molecule has 0 aliphatic rings. The highest BCUT2D eigenvalue weighted by Gasteiger charge is 2.19. The number of hydrogen-bond donors (Lipinski definition) is 1. The van der Waals surface area contributed by atoms with Crippen LogP contribution in [-0.4, -0.2) is 21.6 Å². The first-order chi connectivity index (χ1) is 17.4. The molecular weight excluding hydrogens is 496 g/mol. The number of hydrogen-bond acceptors (Lipinski definition) is 6. The smallest absolute Gasteiger partial charge is 0.269 e. The summed E-state index contributed by atoms with van der Waals surface area (Å²) in [6.07, 6.45) is 0. The van der Waals surface area contributed by atoms with Crippen LogP contribution in [0.4, 0.5) is 11.4 Å². The number of carbonyl (C=O) groups is 1. The number of benzene rings is 3. The predicted octanol–water partition coefficient (Wildman–Crippen LogP) is 6.89. The maximum Gasteiger partial charge on any atom is 0.269 e. The van der Waals surface area contributed by atoms with E-state index in [0.717, 1.165) is 17.3 Å². The van der Waals surface area contributed by atoms with Crippen molar-refractivity contribution in [2.24, 2.45) is 0 Å². The summed E-state index contributed by atoms with van der Waals surface area (Å²) in [6, 6.07) is 25.1. The summed E-state index contributed by atoms with van der Waals surface area (Å²) < 4.78 is 0. The fraction of sp³-hybridized carbons (Fsp3) is 0.0741.